The van der Waals surface area contributed by atoms with Crippen LogP contribution in [0.15, 0.2) is 30.7 Å². The highest BCUT2D eigenvalue weighted by Crippen LogP contribution is 2.17. The fraction of sp³-hybridized carbons (Fsp3) is 0.308. The molecule has 2 rings (SSSR count). The molecule has 3 nitrogen and oxygen atoms in total. The van der Waals surface area contributed by atoms with Crippen molar-refractivity contribution < 1.29 is 0 Å². The summed E-state index contributed by atoms with van der Waals surface area (Å²) in [5, 5.41) is 0. The van der Waals surface area contributed by atoms with Gasteiger partial charge in [-0.25, -0.2) is 4.98 Å². The van der Waals surface area contributed by atoms with E-state index in [1.807, 2.05) is 6.33 Å². The smallest absolute Gasteiger partial charge is 0.0995 e. The normalized spacial score (nSPS) is 10.7. The van der Waals surface area contributed by atoms with E-state index in [4.69, 9.17) is 5.73 Å². The number of nitrogens with two attached hydrogens (primary N) is 1. The van der Waals surface area contributed by atoms with Gasteiger partial charge >= 0.3 is 0 Å². The quantitative estimate of drug-likeness (QED) is 0.851. The topological polar surface area (TPSA) is 43.8 Å². The Balaban J connectivity index is 2.39. The summed E-state index contributed by atoms with van der Waals surface area (Å²) in [6.07, 6.45) is 4.74. The fourth-order valence-corrected chi connectivity index (χ4v) is 1.79. The van der Waals surface area contributed by atoms with E-state index < -0.39 is 0 Å². The molecule has 1 aromatic carbocycles. The maximum absolute atomic E-state index is 5.51. The SMILES string of the molecule is Cc1cccc(-n2cnc(CCN)c2)c1C. The van der Waals surface area contributed by atoms with Gasteiger partial charge in [0.25, 0.3) is 0 Å². The maximum Gasteiger partial charge on any atom is 0.0995 e. The van der Waals surface area contributed by atoms with Gasteiger partial charge in [0, 0.05) is 18.3 Å². The van der Waals surface area contributed by atoms with Crippen LogP contribution in [0.4, 0.5) is 0 Å². The summed E-state index contributed by atoms with van der Waals surface area (Å²) in [5.41, 5.74) is 10.3. The Labute approximate surface area is 95.9 Å². The molecule has 0 saturated heterocycles. The molecule has 0 fully saturated rings. The number of rotatable bonds is 3. The van der Waals surface area contributed by atoms with Gasteiger partial charge in [0.1, 0.15) is 0 Å². The van der Waals surface area contributed by atoms with Crippen molar-refractivity contribution in [1.82, 2.24) is 9.55 Å². The number of benzene rings is 1. The Morgan fingerprint density at radius 3 is 2.88 bits per heavy atom. The first-order valence-electron chi connectivity index (χ1n) is 5.52. The van der Waals surface area contributed by atoms with Gasteiger partial charge in [-0.05, 0) is 37.6 Å². The van der Waals surface area contributed by atoms with E-state index >= 15 is 0 Å². The Kier molecular flexibility index (Phi) is 3.06. The number of hydrogen-bond donors (Lipinski definition) is 1. The van der Waals surface area contributed by atoms with Gasteiger partial charge in [-0.3, -0.25) is 0 Å². The third-order valence-electron chi connectivity index (χ3n) is 2.89. The van der Waals surface area contributed by atoms with Gasteiger partial charge in [0.15, 0.2) is 0 Å². The molecule has 0 aliphatic carbocycles. The van der Waals surface area contributed by atoms with E-state index in [0.29, 0.717) is 6.54 Å². The van der Waals surface area contributed by atoms with Crippen molar-refractivity contribution >= 4 is 0 Å². The predicted octanol–water partition coefficient (Wildman–Crippen LogP) is 1.99. The van der Waals surface area contributed by atoms with E-state index in [1.54, 1.807) is 0 Å². The lowest BCUT2D eigenvalue weighted by atomic mass is 10.1. The molecule has 0 bridgehead atoms. The standard InChI is InChI=1S/C13H17N3/c1-10-4-3-5-13(11(10)2)16-8-12(6-7-14)15-9-16/h3-5,8-9H,6-7,14H2,1-2H3. The summed E-state index contributed by atoms with van der Waals surface area (Å²) >= 11 is 0. The van der Waals surface area contributed by atoms with E-state index in [1.165, 1.54) is 16.8 Å². The lowest BCUT2D eigenvalue weighted by Gasteiger charge is -2.08. The van der Waals surface area contributed by atoms with Gasteiger partial charge in [-0.1, -0.05) is 12.1 Å². The van der Waals surface area contributed by atoms with Crippen LogP contribution in [0.2, 0.25) is 0 Å². The molecule has 2 aromatic rings. The Bertz CT molecular complexity index is 486. The summed E-state index contributed by atoms with van der Waals surface area (Å²) in [5.74, 6) is 0. The molecular formula is C13H17N3. The van der Waals surface area contributed by atoms with Crippen LogP contribution in [-0.2, 0) is 6.42 Å². The highest BCUT2D eigenvalue weighted by molar-refractivity contribution is 5.44. The molecule has 0 unspecified atom stereocenters. The summed E-state index contributed by atoms with van der Waals surface area (Å²) in [4.78, 5) is 4.34. The molecule has 2 N–H and O–H groups in total. The van der Waals surface area contributed by atoms with Gasteiger partial charge in [-0.15, -0.1) is 0 Å². The molecule has 84 valence electrons. The van der Waals surface area contributed by atoms with E-state index in [-0.39, 0.29) is 0 Å². The average Bonchev–Trinajstić information content (AvgIpc) is 2.71. The highest BCUT2D eigenvalue weighted by Gasteiger charge is 2.04. The molecule has 0 atom stereocenters. The van der Waals surface area contributed by atoms with E-state index in [9.17, 15) is 0 Å². The third kappa shape index (κ3) is 1.99. The zero-order valence-corrected chi connectivity index (χ0v) is 9.77. The highest BCUT2D eigenvalue weighted by atomic mass is 15.0. The van der Waals surface area contributed by atoms with E-state index in [0.717, 1.165) is 12.1 Å². The second-order valence-electron chi connectivity index (χ2n) is 4.03. The number of aryl methyl sites for hydroxylation is 1. The number of nitrogens with zero attached hydrogens (tertiary/aromatic N) is 2. The fourth-order valence-electron chi connectivity index (χ4n) is 1.79. The van der Waals surface area contributed by atoms with Crippen molar-refractivity contribution in [1.29, 1.82) is 0 Å². The van der Waals surface area contributed by atoms with E-state index in [2.05, 4.69) is 47.8 Å². The zero-order chi connectivity index (χ0) is 11.5. The average molecular weight is 215 g/mol. The second kappa shape index (κ2) is 4.49. The van der Waals surface area contributed by atoms with Gasteiger partial charge < -0.3 is 10.3 Å². The molecule has 0 radical (unpaired) electrons. The van der Waals surface area contributed by atoms with Crippen LogP contribution < -0.4 is 5.73 Å². The van der Waals surface area contributed by atoms with Crippen molar-refractivity contribution in [3.63, 3.8) is 0 Å². The minimum atomic E-state index is 0.643. The minimum Gasteiger partial charge on any atom is -0.330 e. The largest absolute Gasteiger partial charge is 0.330 e. The first-order chi connectivity index (χ1) is 7.72. The number of aromatic nitrogens is 2. The molecule has 0 saturated carbocycles. The van der Waals surface area contributed by atoms with Crippen molar-refractivity contribution in [2.75, 3.05) is 6.54 Å². The second-order valence-corrected chi connectivity index (χ2v) is 4.03. The summed E-state index contributed by atoms with van der Waals surface area (Å²) in [7, 11) is 0. The first-order valence-corrected chi connectivity index (χ1v) is 5.52. The van der Waals surface area contributed by atoms with Crippen LogP contribution >= 0.6 is 0 Å². The predicted molar refractivity (Wildman–Crippen MR) is 65.8 cm³/mol. The minimum absolute atomic E-state index is 0.643. The van der Waals surface area contributed by atoms with Crippen LogP contribution in [-0.4, -0.2) is 16.1 Å². The molecule has 0 aliphatic heterocycles. The monoisotopic (exact) mass is 215 g/mol. The van der Waals surface area contributed by atoms with Crippen LogP contribution in [0, 0.1) is 13.8 Å². The van der Waals surface area contributed by atoms with Crippen LogP contribution in [0.25, 0.3) is 5.69 Å². The van der Waals surface area contributed by atoms with Crippen LogP contribution in [0.3, 0.4) is 0 Å². The molecule has 1 heterocycles. The molecule has 0 amide bonds. The number of hydrogen-bond acceptors (Lipinski definition) is 2. The lowest BCUT2D eigenvalue weighted by molar-refractivity contribution is 0.934. The van der Waals surface area contributed by atoms with Crippen LogP contribution in [0.5, 0.6) is 0 Å². The van der Waals surface area contributed by atoms with Crippen LogP contribution in [0.1, 0.15) is 16.8 Å². The zero-order valence-electron chi connectivity index (χ0n) is 9.77. The van der Waals surface area contributed by atoms with Gasteiger partial charge in [0.2, 0.25) is 0 Å². The lowest BCUT2D eigenvalue weighted by Crippen LogP contribution is -2.02. The molecular weight excluding hydrogens is 198 g/mol. The van der Waals surface area contributed by atoms with Crippen molar-refractivity contribution in [2.24, 2.45) is 5.73 Å². The van der Waals surface area contributed by atoms with Crippen molar-refractivity contribution in [2.45, 2.75) is 20.3 Å². The maximum atomic E-state index is 5.51. The Morgan fingerprint density at radius 1 is 1.31 bits per heavy atom. The molecule has 1 aromatic heterocycles. The number of imidazole rings is 1. The molecule has 0 aliphatic rings. The van der Waals surface area contributed by atoms with Gasteiger partial charge in [0.05, 0.1) is 12.0 Å². The first kappa shape index (κ1) is 10.9. The van der Waals surface area contributed by atoms with Gasteiger partial charge in [-0.2, -0.15) is 0 Å². The summed E-state index contributed by atoms with van der Waals surface area (Å²) in [6.45, 7) is 4.90. The molecule has 16 heavy (non-hydrogen) atoms. The third-order valence-corrected chi connectivity index (χ3v) is 2.89. The molecule has 3 heteroatoms. The molecule has 0 spiro atoms. The summed E-state index contributed by atoms with van der Waals surface area (Å²) in [6, 6.07) is 6.30. The summed E-state index contributed by atoms with van der Waals surface area (Å²) < 4.78 is 2.06. The Morgan fingerprint density at radius 2 is 2.12 bits per heavy atom. The van der Waals surface area contributed by atoms with Crippen molar-refractivity contribution in [3.05, 3.63) is 47.5 Å². The van der Waals surface area contributed by atoms with Crippen molar-refractivity contribution in [3.8, 4) is 5.69 Å². The Hall–Kier alpha value is -1.61.